The molecule has 0 saturated heterocycles. The Hall–Kier alpha value is -2.14. The summed E-state index contributed by atoms with van der Waals surface area (Å²) in [7, 11) is 0. The third kappa shape index (κ3) is 2.10. The molecule has 0 atom stereocenters. The van der Waals surface area contributed by atoms with E-state index in [9.17, 15) is 4.79 Å². The minimum atomic E-state index is -0.0206. The fraction of sp³-hybridized carbons (Fsp3) is 0.200. The van der Waals surface area contributed by atoms with Gasteiger partial charge in [0.05, 0.1) is 16.3 Å². The number of carbonyl (C=O) groups is 1. The molecule has 1 aromatic carbocycles. The van der Waals surface area contributed by atoms with Crippen LogP contribution in [0.1, 0.15) is 22.3 Å². The summed E-state index contributed by atoms with van der Waals surface area (Å²) in [4.78, 5) is 13.7. The van der Waals surface area contributed by atoms with Gasteiger partial charge in [-0.3, -0.25) is 4.79 Å². The van der Waals surface area contributed by atoms with E-state index in [4.69, 9.17) is 0 Å². The summed E-state index contributed by atoms with van der Waals surface area (Å²) >= 11 is 1.48. The van der Waals surface area contributed by atoms with E-state index in [1.54, 1.807) is 0 Å². The van der Waals surface area contributed by atoms with Crippen LogP contribution in [0.25, 0.3) is 15.9 Å². The lowest BCUT2D eigenvalue weighted by atomic mass is 10.3. The number of rotatable bonds is 3. The molecule has 1 amide bonds. The summed E-state index contributed by atoms with van der Waals surface area (Å²) in [5.74, 6) is -0.0206. The second-order valence-corrected chi connectivity index (χ2v) is 5.55. The molecule has 2 aromatic heterocycles. The average molecular weight is 285 g/mol. The monoisotopic (exact) mass is 285 g/mol. The zero-order valence-electron chi connectivity index (χ0n) is 11.4. The Balaban J connectivity index is 2.13. The number of nitrogens with zero attached hydrogens (tertiary/aromatic N) is 2. The molecule has 3 rings (SSSR count). The predicted octanol–water partition coefficient (Wildman–Crippen LogP) is 3.15. The molecular weight excluding hydrogens is 270 g/mol. The Morgan fingerprint density at radius 1 is 1.35 bits per heavy atom. The number of amides is 1. The third-order valence-corrected chi connectivity index (χ3v) is 4.22. The summed E-state index contributed by atoms with van der Waals surface area (Å²) in [5.41, 5.74) is 1.95. The topological polar surface area (TPSA) is 46.9 Å². The Kier molecular flexibility index (Phi) is 3.28. The molecule has 3 aromatic rings. The molecule has 0 unspecified atom stereocenters. The summed E-state index contributed by atoms with van der Waals surface area (Å²) in [6, 6.07) is 11.9. The smallest absolute Gasteiger partial charge is 0.261 e. The van der Waals surface area contributed by atoms with Crippen molar-refractivity contribution in [3.63, 3.8) is 0 Å². The molecule has 0 saturated carbocycles. The number of nitrogens with one attached hydrogen (secondary N) is 1. The van der Waals surface area contributed by atoms with Crippen molar-refractivity contribution in [3.05, 3.63) is 47.0 Å². The quantitative estimate of drug-likeness (QED) is 0.803. The molecular formula is C15H15N3OS. The van der Waals surface area contributed by atoms with Crippen molar-refractivity contribution < 1.29 is 4.79 Å². The second kappa shape index (κ2) is 5.09. The van der Waals surface area contributed by atoms with Crippen LogP contribution in [0.2, 0.25) is 0 Å². The van der Waals surface area contributed by atoms with Crippen molar-refractivity contribution >= 4 is 27.5 Å². The molecule has 0 aliphatic heterocycles. The van der Waals surface area contributed by atoms with Crippen LogP contribution in [0, 0.1) is 6.92 Å². The highest BCUT2D eigenvalue weighted by Crippen LogP contribution is 2.30. The fourth-order valence-corrected chi connectivity index (χ4v) is 3.25. The number of benzene rings is 1. The highest BCUT2D eigenvalue weighted by molar-refractivity contribution is 7.20. The van der Waals surface area contributed by atoms with Gasteiger partial charge in [0.15, 0.2) is 0 Å². The molecule has 0 aliphatic carbocycles. The highest BCUT2D eigenvalue weighted by Gasteiger charge is 2.16. The lowest BCUT2D eigenvalue weighted by molar-refractivity contribution is 0.0960. The van der Waals surface area contributed by atoms with Crippen molar-refractivity contribution in [1.29, 1.82) is 0 Å². The maximum absolute atomic E-state index is 11.9. The number of thiophene rings is 1. The molecule has 1 N–H and O–H groups in total. The van der Waals surface area contributed by atoms with Crippen molar-refractivity contribution in [3.8, 4) is 5.69 Å². The van der Waals surface area contributed by atoms with E-state index < -0.39 is 0 Å². The SMILES string of the molecule is CCNC(=O)c1cc2c(C)nn(-c3ccccc3)c2s1. The third-order valence-electron chi connectivity index (χ3n) is 3.11. The van der Waals surface area contributed by atoms with Gasteiger partial charge in [-0.25, -0.2) is 4.68 Å². The first-order chi connectivity index (χ1) is 9.70. The molecule has 0 bridgehead atoms. The van der Waals surface area contributed by atoms with E-state index in [1.807, 2.05) is 54.9 Å². The first-order valence-corrected chi connectivity index (χ1v) is 7.35. The minimum Gasteiger partial charge on any atom is -0.352 e. The number of hydrogen-bond acceptors (Lipinski definition) is 3. The molecule has 2 heterocycles. The van der Waals surface area contributed by atoms with E-state index in [0.29, 0.717) is 6.54 Å². The van der Waals surface area contributed by atoms with Crippen LogP contribution < -0.4 is 5.32 Å². The molecule has 0 radical (unpaired) electrons. The molecule has 0 fully saturated rings. The van der Waals surface area contributed by atoms with Gasteiger partial charge >= 0.3 is 0 Å². The second-order valence-electron chi connectivity index (χ2n) is 4.52. The van der Waals surface area contributed by atoms with Crippen molar-refractivity contribution in [2.75, 3.05) is 6.54 Å². The number of carbonyl (C=O) groups excluding carboxylic acids is 1. The van der Waals surface area contributed by atoms with Crippen molar-refractivity contribution in [1.82, 2.24) is 15.1 Å². The van der Waals surface area contributed by atoms with Gasteiger partial charge in [-0.05, 0) is 32.0 Å². The van der Waals surface area contributed by atoms with Crippen LogP contribution in [0.3, 0.4) is 0 Å². The van der Waals surface area contributed by atoms with Crippen LogP contribution in [-0.4, -0.2) is 22.2 Å². The van der Waals surface area contributed by atoms with Gasteiger partial charge in [0.25, 0.3) is 5.91 Å². The average Bonchev–Trinajstić information content (AvgIpc) is 3.01. The lowest BCUT2D eigenvalue weighted by Gasteiger charge is -2.01. The van der Waals surface area contributed by atoms with Crippen LogP contribution in [0.4, 0.5) is 0 Å². The van der Waals surface area contributed by atoms with Crippen LogP contribution in [-0.2, 0) is 0 Å². The van der Waals surface area contributed by atoms with Gasteiger partial charge in [-0.2, -0.15) is 5.10 Å². The summed E-state index contributed by atoms with van der Waals surface area (Å²) in [5, 5.41) is 8.44. The number of aryl methyl sites for hydroxylation is 1. The first kappa shape index (κ1) is 12.9. The van der Waals surface area contributed by atoms with Gasteiger partial charge in [0, 0.05) is 11.9 Å². The number of para-hydroxylation sites is 1. The highest BCUT2D eigenvalue weighted by atomic mass is 32.1. The summed E-state index contributed by atoms with van der Waals surface area (Å²) in [6.07, 6.45) is 0. The zero-order chi connectivity index (χ0) is 14.1. The van der Waals surface area contributed by atoms with E-state index in [2.05, 4.69) is 10.4 Å². The predicted molar refractivity (Wildman–Crippen MR) is 81.7 cm³/mol. The Bertz CT molecular complexity index is 758. The maximum Gasteiger partial charge on any atom is 0.261 e. The molecule has 102 valence electrons. The Morgan fingerprint density at radius 3 is 2.80 bits per heavy atom. The normalized spacial score (nSPS) is 10.9. The first-order valence-electron chi connectivity index (χ1n) is 6.53. The van der Waals surface area contributed by atoms with Crippen LogP contribution >= 0.6 is 11.3 Å². The zero-order valence-corrected chi connectivity index (χ0v) is 12.2. The van der Waals surface area contributed by atoms with E-state index >= 15 is 0 Å². The number of fused-ring (bicyclic) bond motifs is 1. The standard InChI is InChI=1S/C15H15N3OS/c1-3-16-14(19)13-9-12-10(2)17-18(15(12)20-13)11-7-5-4-6-8-11/h4-9H,3H2,1-2H3,(H,16,19). The van der Waals surface area contributed by atoms with Gasteiger partial charge in [-0.1, -0.05) is 18.2 Å². The van der Waals surface area contributed by atoms with Crippen molar-refractivity contribution in [2.45, 2.75) is 13.8 Å². The van der Waals surface area contributed by atoms with Crippen LogP contribution in [0.15, 0.2) is 36.4 Å². The maximum atomic E-state index is 11.9. The van der Waals surface area contributed by atoms with Gasteiger partial charge in [-0.15, -0.1) is 11.3 Å². The van der Waals surface area contributed by atoms with E-state index in [-0.39, 0.29) is 5.91 Å². The number of aromatic nitrogens is 2. The molecule has 4 nitrogen and oxygen atoms in total. The summed E-state index contributed by atoms with van der Waals surface area (Å²) in [6.45, 7) is 4.52. The lowest BCUT2D eigenvalue weighted by Crippen LogP contribution is -2.21. The minimum absolute atomic E-state index is 0.0206. The van der Waals surface area contributed by atoms with Crippen LogP contribution in [0.5, 0.6) is 0 Å². The van der Waals surface area contributed by atoms with E-state index in [0.717, 1.165) is 26.5 Å². The van der Waals surface area contributed by atoms with Gasteiger partial charge in [0.1, 0.15) is 4.83 Å². The van der Waals surface area contributed by atoms with E-state index in [1.165, 1.54) is 11.3 Å². The van der Waals surface area contributed by atoms with Gasteiger partial charge < -0.3 is 5.32 Å². The summed E-state index contributed by atoms with van der Waals surface area (Å²) < 4.78 is 1.90. The Morgan fingerprint density at radius 2 is 2.10 bits per heavy atom. The molecule has 20 heavy (non-hydrogen) atoms. The molecule has 0 aliphatic rings. The number of hydrogen-bond donors (Lipinski definition) is 1. The van der Waals surface area contributed by atoms with Gasteiger partial charge in [0.2, 0.25) is 0 Å². The Labute approximate surface area is 121 Å². The largest absolute Gasteiger partial charge is 0.352 e. The molecule has 5 heteroatoms. The fourth-order valence-electron chi connectivity index (χ4n) is 2.15. The van der Waals surface area contributed by atoms with Crippen molar-refractivity contribution in [2.24, 2.45) is 0 Å². The molecule has 0 spiro atoms.